The van der Waals surface area contributed by atoms with E-state index in [-0.39, 0.29) is 12.0 Å². The quantitative estimate of drug-likeness (QED) is 0.874. The number of carbonyl (C=O) groups excluding carboxylic acids is 1. The summed E-state index contributed by atoms with van der Waals surface area (Å²) in [6.45, 7) is 5.28. The van der Waals surface area contributed by atoms with E-state index >= 15 is 0 Å². The highest BCUT2D eigenvalue weighted by atomic mass is 16.5. The molecule has 0 radical (unpaired) electrons. The average Bonchev–Trinajstić information content (AvgIpc) is 2.57. The topological polar surface area (TPSA) is 55.3 Å². The zero-order chi connectivity index (χ0) is 16.2. The van der Waals surface area contributed by atoms with Gasteiger partial charge in [0.1, 0.15) is 18.2 Å². The molecule has 1 saturated heterocycles. The zero-order valence-electron chi connectivity index (χ0n) is 13.5. The molecule has 1 aliphatic rings. The van der Waals surface area contributed by atoms with Gasteiger partial charge >= 0.3 is 0 Å². The summed E-state index contributed by atoms with van der Waals surface area (Å²) in [5.41, 5.74) is 2.46. The Morgan fingerprint density at radius 2 is 1.96 bits per heavy atom. The van der Waals surface area contributed by atoms with Gasteiger partial charge in [-0.1, -0.05) is 18.2 Å². The van der Waals surface area contributed by atoms with E-state index in [1.165, 1.54) is 6.33 Å². The van der Waals surface area contributed by atoms with Crippen molar-refractivity contribution in [1.29, 1.82) is 0 Å². The van der Waals surface area contributed by atoms with Gasteiger partial charge in [-0.05, 0) is 25.5 Å². The third-order valence-electron chi connectivity index (χ3n) is 4.26. The molecule has 23 heavy (non-hydrogen) atoms. The summed E-state index contributed by atoms with van der Waals surface area (Å²) in [5.74, 6) is 0.946. The van der Waals surface area contributed by atoms with E-state index in [0.29, 0.717) is 18.7 Å². The Bertz CT molecular complexity index is 694. The summed E-state index contributed by atoms with van der Waals surface area (Å²) in [4.78, 5) is 22.5. The number of likely N-dealkylation sites (tertiary alicyclic amines) is 1. The van der Waals surface area contributed by atoms with Crippen molar-refractivity contribution in [3.8, 4) is 5.75 Å². The summed E-state index contributed by atoms with van der Waals surface area (Å²) < 4.78 is 6.08. The van der Waals surface area contributed by atoms with Gasteiger partial charge in [-0.15, -0.1) is 0 Å². The van der Waals surface area contributed by atoms with E-state index < -0.39 is 0 Å². The summed E-state index contributed by atoms with van der Waals surface area (Å²) in [7, 11) is 0. The van der Waals surface area contributed by atoms with Crippen molar-refractivity contribution in [2.75, 3.05) is 13.1 Å². The second-order valence-corrected chi connectivity index (χ2v) is 5.90. The molecular weight excluding hydrogens is 290 g/mol. The number of carbonyl (C=O) groups is 1. The predicted octanol–water partition coefficient (Wildman–Crippen LogP) is 2.78. The van der Waals surface area contributed by atoms with Gasteiger partial charge in [0, 0.05) is 32.1 Å². The molecule has 0 aliphatic carbocycles. The van der Waals surface area contributed by atoms with Crippen LogP contribution < -0.4 is 4.74 Å². The smallest absolute Gasteiger partial charge is 0.257 e. The van der Waals surface area contributed by atoms with E-state index in [4.69, 9.17) is 4.74 Å². The molecule has 0 bridgehead atoms. The molecule has 3 rings (SSSR count). The third-order valence-corrected chi connectivity index (χ3v) is 4.26. The standard InChI is InChI=1S/C18H21N3O2/c1-13-5-3-4-6-17(13)23-15-7-9-21(10-8-15)18(22)16-11-19-12-20-14(16)2/h3-6,11-12,15H,7-10H2,1-2H3. The fraction of sp³-hybridized carbons (Fsp3) is 0.389. The van der Waals surface area contributed by atoms with Crippen LogP contribution in [0.2, 0.25) is 0 Å². The van der Waals surface area contributed by atoms with Crippen LogP contribution in [0.1, 0.15) is 34.5 Å². The normalized spacial score (nSPS) is 15.5. The summed E-state index contributed by atoms with van der Waals surface area (Å²) in [6.07, 6.45) is 4.91. The SMILES string of the molecule is Cc1ccccc1OC1CCN(C(=O)c2cncnc2C)CC1. The minimum absolute atomic E-state index is 0.0115. The van der Waals surface area contributed by atoms with Gasteiger partial charge < -0.3 is 9.64 Å². The molecule has 1 aromatic heterocycles. The van der Waals surface area contributed by atoms with Crippen molar-refractivity contribution in [3.05, 3.63) is 53.6 Å². The number of para-hydroxylation sites is 1. The third kappa shape index (κ3) is 3.50. The molecule has 0 saturated carbocycles. The number of nitrogens with zero attached hydrogens (tertiary/aromatic N) is 3. The second-order valence-electron chi connectivity index (χ2n) is 5.90. The Kier molecular flexibility index (Phi) is 4.55. The lowest BCUT2D eigenvalue weighted by atomic mass is 10.1. The predicted molar refractivity (Wildman–Crippen MR) is 87.5 cm³/mol. The van der Waals surface area contributed by atoms with Crippen LogP contribution >= 0.6 is 0 Å². The summed E-state index contributed by atoms with van der Waals surface area (Å²) in [6, 6.07) is 8.04. The average molecular weight is 311 g/mol. The van der Waals surface area contributed by atoms with Gasteiger partial charge in [0.2, 0.25) is 0 Å². The first-order valence-electron chi connectivity index (χ1n) is 7.93. The van der Waals surface area contributed by atoms with Crippen molar-refractivity contribution in [2.45, 2.75) is 32.8 Å². The molecule has 1 aliphatic heterocycles. The van der Waals surface area contributed by atoms with Gasteiger partial charge in [-0.2, -0.15) is 0 Å². The Hall–Kier alpha value is -2.43. The van der Waals surface area contributed by atoms with Crippen molar-refractivity contribution in [1.82, 2.24) is 14.9 Å². The van der Waals surface area contributed by atoms with Crippen molar-refractivity contribution >= 4 is 5.91 Å². The number of hydrogen-bond acceptors (Lipinski definition) is 4. The first-order chi connectivity index (χ1) is 11.1. The molecule has 5 nitrogen and oxygen atoms in total. The Morgan fingerprint density at radius 3 is 2.65 bits per heavy atom. The van der Waals surface area contributed by atoms with Crippen LogP contribution in [-0.2, 0) is 0 Å². The van der Waals surface area contributed by atoms with Crippen LogP contribution in [0, 0.1) is 13.8 Å². The van der Waals surface area contributed by atoms with Crippen LogP contribution in [0.25, 0.3) is 0 Å². The monoisotopic (exact) mass is 311 g/mol. The molecule has 2 aromatic rings. The van der Waals surface area contributed by atoms with E-state index in [2.05, 4.69) is 9.97 Å². The first kappa shape index (κ1) is 15.5. The van der Waals surface area contributed by atoms with Crippen molar-refractivity contribution in [3.63, 3.8) is 0 Å². The lowest BCUT2D eigenvalue weighted by Crippen LogP contribution is -2.42. The number of aryl methyl sites for hydroxylation is 2. The van der Waals surface area contributed by atoms with Gasteiger partial charge in [0.15, 0.2) is 0 Å². The maximum Gasteiger partial charge on any atom is 0.257 e. The van der Waals surface area contributed by atoms with Gasteiger partial charge in [-0.25, -0.2) is 9.97 Å². The fourth-order valence-electron chi connectivity index (χ4n) is 2.82. The van der Waals surface area contributed by atoms with Crippen LogP contribution in [-0.4, -0.2) is 40.0 Å². The van der Waals surface area contributed by atoms with E-state index in [0.717, 1.165) is 29.8 Å². The number of piperidine rings is 1. The maximum absolute atomic E-state index is 12.5. The number of amides is 1. The Balaban J connectivity index is 1.59. The number of benzene rings is 1. The Morgan fingerprint density at radius 1 is 1.22 bits per heavy atom. The molecule has 5 heteroatoms. The van der Waals surface area contributed by atoms with E-state index in [9.17, 15) is 4.79 Å². The Labute approximate surface area is 136 Å². The largest absolute Gasteiger partial charge is 0.490 e. The molecule has 1 aromatic carbocycles. The number of ether oxygens (including phenoxy) is 1. The van der Waals surface area contributed by atoms with Gasteiger partial charge in [0.05, 0.1) is 11.3 Å². The van der Waals surface area contributed by atoms with Crippen molar-refractivity contribution < 1.29 is 9.53 Å². The molecule has 0 unspecified atom stereocenters. The highest BCUT2D eigenvalue weighted by Gasteiger charge is 2.26. The summed E-state index contributed by atoms with van der Waals surface area (Å²) in [5, 5.41) is 0. The molecule has 0 atom stereocenters. The number of hydrogen-bond donors (Lipinski definition) is 0. The van der Waals surface area contributed by atoms with Crippen LogP contribution in [0.3, 0.4) is 0 Å². The van der Waals surface area contributed by atoms with Crippen molar-refractivity contribution in [2.24, 2.45) is 0 Å². The van der Waals surface area contributed by atoms with E-state index in [1.54, 1.807) is 6.20 Å². The van der Waals surface area contributed by atoms with Crippen LogP contribution in [0.15, 0.2) is 36.8 Å². The van der Waals surface area contributed by atoms with Gasteiger partial charge in [0.25, 0.3) is 5.91 Å². The molecule has 1 amide bonds. The lowest BCUT2D eigenvalue weighted by molar-refractivity contribution is 0.0593. The molecule has 1 fully saturated rings. The minimum atomic E-state index is 0.0115. The second kappa shape index (κ2) is 6.77. The molecule has 0 spiro atoms. The van der Waals surface area contributed by atoms with Crippen LogP contribution in [0.4, 0.5) is 0 Å². The number of rotatable bonds is 3. The summed E-state index contributed by atoms with van der Waals surface area (Å²) >= 11 is 0. The molecular formula is C18H21N3O2. The lowest BCUT2D eigenvalue weighted by Gasteiger charge is -2.32. The maximum atomic E-state index is 12.5. The van der Waals surface area contributed by atoms with Crippen LogP contribution in [0.5, 0.6) is 5.75 Å². The molecule has 2 heterocycles. The van der Waals surface area contributed by atoms with E-state index in [1.807, 2.05) is 43.0 Å². The first-order valence-corrected chi connectivity index (χ1v) is 7.93. The highest BCUT2D eigenvalue weighted by molar-refractivity contribution is 5.94. The zero-order valence-corrected chi connectivity index (χ0v) is 13.5. The minimum Gasteiger partial charge on any atom is -0.490 e. The number of aromatic nitrogens is 2. The highest BCUT2D eigenvalue weighted by Crippen LogP contribution is 2.23. The molecule has 120 valence electrons. The fourth-order valence-corrected chi connectivity index (χ4v) is 2.82. The molecule has 0 N–H and O–H groups in total. The van der Waals surface area contributed by atoms with Gasteiger partial charge in [-0.3, -0.25) is 4.79 Å².